The fourth-order valence-electron chi connectivity index (χ4n) is 4.82. The molecule has 2 aliphatic carbocycles. The second-order valence-corrected chi connectivity index (χ2v) is 7.99. The first-order valence-electron chi connectivity index (χ1n) is 10.5. The number of fused-ring (bicyclic) bond motifs is 1. The lowest BCUT2D eigenvalue weighted by Gasteiger charge is -2.30. The topological polar surface area (TPSA) is 0 Å². The summed E-state index contributed by atoms with van der Waals surface area (Å²) in [6.07, 6.45) is 19.1. The highest BCUT2D eigenvalue weighted by Crippen LogP contribution is 2.48. The number of rotatable bonds is 7. The lowest BCUT2D eigenvalue weighted by atomic mass is 9.73. The fourth-order valence-corrected chi connectivity index (χ4v) is 4.82. The largest absolute Gasteiger partial charge is 0.0770 e. The van der Waals surface area contributed by atoms with Gasteiger partial charge in [0.2, 0.25) is 0 Å². The van der Waals surface area contributed by atoms with Crippen molar-refractivity contribution < 1.29 is 0 Å². The maximum absolute atomic E-state index is 2.47. The molecular formula is C27H30. The van der Waals surface area contributed by atoms with Crippen LogP contribution in [0.25, 0.3) is 6.08 Å². The maximum Gasteiger partial charge on any atom is 0.0107 e. The summed E-state index contributed by atoms with van der Waals surface area (Å²) in [5, 5.41) is 0. The van der Waals surface area contributed by atoms with Crippen LogP contribution in [0.3, 0.4) is 0 Å². The normalized spacial score (nSPS) is 19.0. The summed E-state index contributed by atoms with van der Waals surface area (Å²) < 4.78 is 0. The van der Waals surface area contributed by atoms with Crippen LogP contribution in [-0.2, 0) is 6.42 Å². The minimum atomic E-state index is 0.455. The van der Waals surface area contributed by atoms with Crippen LogP contribution in [0, 0.1) is 12.8 Å². The van der Waals surface area contributed by atoms with E-state index in [1.165, 1.54) is 42.4 Å². The van der Waals surface area contributed by atoms with E-state index in [9.17, 15) is 0 Å². The standard InChI is InChI=1S/C27H30/c1-3-4-6-11-23-17-16-20(2)24-18-19-25(27(23)24)26(22-14-9-10-15-22)21-12-7-5-8-13-21/h5,7-10,12-19,22,25-26H,3-4,6,11H2,1-2H3. The molecule has 2 aliphatic rings. The van der Waals surface area contributed by atoms with Gasteiger partial charge in [0, 0.05) is 17.8 Å². The van der Waals surface area contributed by atoms with Crippen molar-refractivity contribution in [3.63, 3.8) is 0 Å². The van der Waals surface area contributed by atoms with E-state index in [4.69, 9.17) is 0 Å². The summed E-state index contributed by atoms with van der Waals surface area (Å²) >= 11 is 0. The minimum Gasteiger partial charge on any atom is -0.0770 e. The lowest BCUT2D eigenvalue weighted by molar-refractivity contribution is 0.544. The van der Waals surface area contributed by atoms with Crippen molar-refractivity contribution >= 4 is 6.08 Å². The Morgan fingerprint density at radius 2 is 1.67 bits per heavy atom. The number of aryl methyl sites for hydroxylation is 2. The summed E-state index contributed by atoms with van der Waals surface area (Å²) in [4.78, 5) is 0. The minimum absolute atomic E-state index is 0.455. The SMILES string of the molecule is CCCCCc1ccc(C)c2c1C(C(c1ccccc1)C1C=CC=C1)C=C2. The molecule has 2 unspecified atom stereocenters. The van der Waals surface area contributed by atoms with Gasteiger partial charge in [-0.3, -0.25) is 0 Å². The third-order valence-corrected chi connectivity index (χ3v) is 6.21. The van der Waals surface area contributed by atoms with Gasteiger partial charge in [0.15, 0.2) is 0 Å². The molecular weight excluding hydrogens is 324 g/mol. The predicted molar refractivity (Wildman–Crippen MR) is 117 cm³/mol. The van der Waals surface area contributed by atoms with E-state index in [0.717, 1.165) is 0 Å². The van der Waals surface area contributed by atoms with Crippen LogP contribution in [0.4, 0.5) is 0 Å². The average Bonchev–Trinajstić information content (AvgIpc) is 3.37. The van der Waals surface area contributed by atoms with Gasteiger partial charge in [-0.25, -0.2) is 0 Å². The van der Waals surface area contributed by atoms with Crippen molar-refractivity contribution in [3.8, 4) is 0 Å². The first-order valence-corrected chi connectivity index (χ1v) is 10.5. The van der Waals surface area contributed by atoms with Crippen molar-refractivity contribution in [2.75, 3.05) is 0 Å². The summed E-state index contributed by atoms with van der Waals surface area (Å²) in [6, 6.07) is 15.8. The monoisotopic (exact) mass is 354 g/mol. The molecule has 0 aromatic heterocycles. The molecule has 2 atom stereocenters. The van der Waals surface area contributed by atoms with Crippen LogP contribution in [0.15, 0.2) is 72.8 Å². The highest BCUT2D eigenvalue weighted by atomic mass is 14.4. The molecule has 0 nitrogen and oxygen atoms in total. The molecule has 0 aliphatic heterocycles. The Labute approximate surface area is 164 Å². The van der Waals surface area contributed by atoms with E-state index in [1.54, 1.807) is 11.1 Å². The van der Waals surface area contributed by atoms with Gasteiger partial charge in [-0.2, -0.15) is 0 Å². The zero-order chi connectivity index (χ0) is 18.6. The van der Waals surface area contributed by atoms with E-state index >= 15 is 0 Å². The second kappa shape index (κ2) is 8.13. The van der Waals surface area contributed by atoms with E-state index in [1.807, 2.05) is 0 Å². The van der Waals surface area contributed by atoms with Gasteiger partial charge in [-0.15, -0.1) is 0 Å². The predicted octanol–water partition coefficient (Wildman–Crippen LogP) is 7.36. The molecule has 2 aromatic rings. The van der Waals surface area contributed by atoms with Gasteiger partial charge in [0.25, 0.3) is 0 Å². The maximum atomic E-state index is 2.47. The average molecular weight is 355 g/mol. The first-order chi connectivity index (χ1) is 13.3. The van der Waals surface area contributed by atoms with Crippen LogP contribution in [0.2, 0.25) is 0 Å². The Balaban J connectivity index is 1.76. The third-order valence-electron chi connectivity index (χ3n) is 6.21. The number of benzene rings is 2. The van der Waals surface area contributed by atoms with Crippen LogP contribution in [0.5, 0.6) is 0 Å². The van der Waals surface area contributed by atoms with Crippen molar-refractivity contribution in [2.24, 2.45) is 5.92 Å². The van der Waals surface area contributed by atoms with Crippen molar-refractivity contribution in [1.82, 2.24) is 0 Å². The van der Waals surface area contributed by atoms with Crippen molar-refractivity contribution in [1.29, 1.82) is 0 Å². The summed E-state index contributed by atoms with van der Waals surface area (Å²) in [5.41, 5.74) is 7.48. The molecule has 4 rings (SSSR count). The van der Waals surface area contributed by atoms with Gasteiger partial charge in [0.1, 0.15) is 0 Å². The highest BCUT2D eigenvalue weighted by Gasteiger charge is 2.33. The van der Waals surface area contributed by atoms with Crippen LogP contribution in [-0.4, -0.2) is 0 Å². The molecule has 138 valence electrons. The zero-order valence-electron chi connectivity index (χ0n) is 16.6. The van der Waals surface area contributed by atoms with E-state index in [2.05, 4.69) is 92.8 Å². The van der Waals surface area contributed by atoms with Gasteiger partial charge >= 0.3 is 0 Å². The zero-order valence-corrected chi connectivity index (χ0v) is 16.6. The molecule has 0 saturated heterocycles. The van der Waals surface area contributed by atoms with E-state index < -0.39 is 0 Å². The molecule has 27 heavy (non-hydrogen) atoms. The first kappa shape index (κ1) is 18.0. The molecule has 0 saturated carbocycles. The molecule has 0 heteroatoms. The molecule has 2 aromatic carbocycles. The molecule has 0 N–H and O–H groups in total. The Bertz CT molecular complexity index is 854. The molecule has 0 spiro atoms. The summed E-state index contributed by atoms with van der Waals surface area (Å²) in [6.45, 7) is 4.54. The number of hydrogen-bond donors (Lipinski definition) is 0. The van der Waals surface area contributed by atoms with E-state index in [0.29, 0.717) is 17.8 Å². The second-order valence-electron chi connectivity index (χ2n) is 7.99. The Morgan fingerprint density at radius 3 is 2.41 bits per heavy atom. The van der Waals surface area contributed by atoms with Gasteiger partial charge in [-0.05, 0) is 47.6 Å². The van der Waals surface area contributed by atoms with Crippen LogP contribution >= 0.6 is 0 Å². The van der Waals surface area contributed by atoms with E-state index in [-0.39, 0.29) is 0 Å². The number of hydrogen-bond acceptors (Lipinski definition) is 0. The Hall–Kier alpha value is -2.34. The summed E-state index contributed by atoms with van der Waals surface area (Å²) in [7, 11) is 0. The number of unbranched alkanes of at least 4 members (excludes halogenated alkanes) is 2. The van der Waals surface area contributed by atoms with Gasteiger partial charge < -0.3 is 0 Å². The third kappa shape index (κ3) is 3.58. The van der Waals surface area contributed by atoms with Crippen molar-refractivity contribution in [3.05, 3.63) is 101 Å². The quantitative estimate of drug-likeness (QED) is 0.455. The highest BCUT2D eigenvalue weighted by molar-refractivity contribution is 5.68. The number of allylic oxidation sites excluding steroid dienone is 5. The Morgan fingerprint density at radius 1 is 0.889 bits per heavy atom. The molecule has 0 bridgehead atoms. The van der Waals surface area contributed by atoms with Gasteiger partial charge in [0.05, 0.1) is 0 Å². The lowest BCUT2D eigenvalue weighted by Crippen LogP contribution is -2.17. The van der Waals surface area contributed by atoms with Crippen LogP contribution < -0.4 is 0 Å². The molecule has 0 radical (unpaired) electrons. The molecule has 0 amide bonds. The smallest absolute Gasteiger partial charge is 0.0107 e. The Kier molecular flexibility index (Phi) is 5.43. The van der Waals surface area contributed by atoms with Gasteiger partial charge in [-0.1, -0.05) is 98.7 Å². The molecule has 0 fully saturated rings. The van der Waals surface area contributed by atoms with Crippen molar-refractivity contribution in [2.45, 2.75) is 51.4 Å². The fraction of sp³-hybridized carbons (Fsp3) is 0.333. The van der Waals surface area contributed by atoms with Crippen LogP contribution in [0.1, 0.15) is 65.8 Å². The molecule has 0 heterocycles. The summed E-state index contributed by atoms with van der Waals surface area (Å²) in [5.74, 6) is 1.39.